The summed E-state index contributed by atoms with van der Waals surface area (Å²) in [4.78, 5) is 14.3. The van der Waals surface area contributed by atoms with E-state index in [4.69, 9.17) is 0 Å². The number of aliphatic hydroxyl groups is 1. The zero-order valence-electron chi connectivity index (χ0n) is 14.0. The largest absolute Gasteiger partial charge is 0.387 e. The fourth-order valence-corrected chi connectivity index (χ4v) is 3.12. The first-order chi connectivity index (χ1) is 12.1. The number of carbonyl (C=O) groups excluding carboxylic acids is 1. The zero-order valence-corrected chi connectivity index (χ0v) is 14.0. The van der Waals surface area contributed by atoms with E-state index >= 15 is 0 Å². The van der Waals surface area contributed by atoms with Crippen LogP contribution in [0.1, 0.15) is 30.3 Å². The van der Waals surface area contributed by atoms with Crippen LogP contribution in [0.25, 0.3) is 10.8 Å². The maximum Gasteiger partial charge on any atom is 0.227 e. The summed E-state index contributed by atoms with van der Waals surface area (Å²) in [7, 11) is 0. The van der Waals surface area contributed by atoms with Gasteiger partial charge in [-0.2, -0.15) is 0 Å². The van der Waals surface area contributed by atoms with E-state index in [-0.39, 0.29) is 11.9 Å². The maximum absolute atomic E-state index is 12.5. The van der Waals surface area contributed by atoms with Crippen molar-refractivity contribution in [1.82, 2.24) is 19.9 Å². The van der Waals surface area contributed by atoms with Gasteiger partial charge in [-0.1, -0.05) is 47.7 Å². The Hall–Kier alpha value is -2.73. The SMILES string of the molecule is C[C@H](O)c1cn(C2CN(C(=O)Cc3ccc4ccccc4c3)C2)nn1. The Morgan fingerprint density at radius 2 is 2.00 bits per heavy atom. The van der Waals surface area contributed by atoms with Crippen molar-refractivity contribution >= 4 is 16.7 Å². The van der Waals surface area contributed by atoms with Crippen LogP contribution >= 0.6 is 0 Å². The molecule has 0 spiro atoms. The van der Waals surface area contributed by atoms with Crippen LogP contribution in [0.2, 0.25) is 0 Å². The number of hydrogen-bond acceptors (Lipinski definition) is 4. The number of nitrogens with zero attached hydrogens (tertiary/aromatic N) is 4. The van der Waals surface area contributed by atoms with Gasteiger partial charge in [-0.3, -0.25) is 4.79 Å². The maximum atomic E-state index is 12.5. The molecule has 0 bridgehead atoms. The molecule has 1 atom stereocenters. The van der Waals surface area contributed by atoms with Crippen LogP contribution in [0.5, 0.6) is 0 Å². The second-order valence-corrected chi connectivity index (χ2v) is 6.61. The molecule has 6 heteroatoms. The molecule has 1 aliphatic rings. The monoisotopic (exact) mass is 336 g/mol. The molecule has 1 saturated heterocycles. The van der Waals surface area contributed by atoms with Gasteiger partial charge < -0.3 is 10.0 Å². The molecule has 1 aromatic heterocycles. The molecule has 128 valence electrons. The van der Waals surface area contributed by atoms with Gasteiger partial charge in [0.15, 0.2) is 0 Å². The number of amides is 1. The fourth-order valence-electron chi connectivity index (χ4n) is 3.12. The minimum Gasteiger partial charge on any atom is -0.387 e. The Morgan fingerprint density at radius 3 is 2.72 bits per heavy atom. The molecule has 4 rings (SSSR count). The van der Waals surface area contributed by atoms with Crippen molar-refractivity contribution in [2.24, 2.45) is 0 Å². The molecule has 3 aromatic rings. The predicted molar refractivity (Wildman–Crippen MR) is 93.9 cm³/mol. The van der Waals surface area contributed by atoms with Gasteiger partial charge in [-0.15, -0.1) is 5.10 Å². The number of benzene rings is 2. The Morgan fingerprint density at radius 1 is 1.24 bits per heavy atom. The number of rotatable bonds is 4. The van der Waals surface area contributed by atoms with Gasteiger partial charge in [-0.05, 0) is 23.3 Å². The molecule has 1 N–H and O–H groups in total. The second-order valence-electron chi connectivity index (χ2n) is 6.61. The Labute approximate surface area is 145 Å². The lowest BCUT2D eigenvalue weighted by Crippen LogP contribution is -2.51. The predicted octanol–water partition coefficient (Wildman–Crippen LogP) is 2.11. The Bertz CT molecular complexity index is 912. The fraction of sp³-hybridized carbons (Fsp3) is 0.316. The van der Waals surface area contributed by atoms with E-state index in [1.165, 1.54) is 5.39 Å². The van der Waals surface area contributed by atoms with E-state index in [0.29, 0.717) is 25.2 Å². The lowest BCUT2D eigenvalue weighted by atomic mass is 10.0. The van der Waals surface area contributed by atoms with Crippen molar-refractivity contribution in [1.29, 1.82) is 0 Å². The number of aromatic nitrogens is 3. The first-order valence-corrected chi connectivity index (χ1v) is 8.45. The van der Waals surface area contributed by atoms with Gasteiger partial charge >= 0.3 is 0 Å². The van der Waals surface area contributed by atoms with Crippen molar-refractivity contribution in [3.8, 4) is 0 Å². The summed E-state index contributed by atoms with van der Waals surface area (Å²) < 4.78 is 1.74. The summed E-state index contributed by atoms with van der Waals surface area (Å²) in [6.07, 6.45) is 1.54. The Balaban J connectivity index is 1.37. The van der Waals surface area contributed by atoms with E-state index in [1.54, 1.807) is 17.8 Å². The summed E-state index contributed by atoms with van der Waals surface area (Å²) in [5.41, 5.74) is 1.59. The first kappa shape index (κ1) is 15.8. The van der Waals surface area contributed by atoms with Gasteiger partial charge in [0, 0.05) is 13.1 Å². The summed E-state index contributed by atoms with van der Waals surface area (Å²) in [5, 5.41) is 19.8. The van der Waals surface area contributed by atoms with E-state index in [2.05, 4.69) is 34.6 Å². The molecule has 2 aromatic carbocycles. The van der Waals surface area contributed by atoms with Gasteiger partial charge in [-0.25, -0.2) is 4.68 Å². The molecular formula is C19H20N4O2. The standard InChI is InChI=1S/C19H20N4O2/c1-13(24)18-12-23(21-20-18)17-10-22(11-17)19(25)9-14-6-7-15-4-2-3-5-16(15)8-14/h2-8,12-13,17,24H,9-11H2,1H3/t13-/m0/s1. The summed E-state index contributed by atoms with van der Waals surface area (Å²) in [6, 6.07) is 14.5. The van der Waals surface area contributed by atoms with Crippen LogP contribution in [-0.2, 0) is 11.2 Å². The van der Waals surface area contributed by atoms with Crippen molar-refractivity contribution in [3.63, 3.8) is 0 Å². The number of aliphatic hydroxyl groups excluding tert-OH is 1. The Kier molecular flexibility index (Phi) is 3.97. The molecule has 0 unspecified atom stereocenters. The minimum absolute atomic E-state index is 0.127. The highest BCUT2D eigenvalue weighted by molar-refractivity contribution is 5.85. The molecule has 1 aliphatic heterocycles. The third-order valence-corrected chi connectivity index (χ3v) is 4.71. The van der Waals surface area contributed by atoms with Crippen molar-refractivity contribution in [3.05, 3.63) is 59.9 Å². The smallest absolute Gasteiger partial charge is 0.227 e. The van der Waals surface area contributed by atoms with Gasteiger partial charge in [0.25, 0.3) is 0 Å². The van der Waals surface area contributed by atoms with Crippen LogP contribution in [0.3, 0.4) is 0 Å². The van der Waals surface area contributed by atoms with Crippen molar-refractivity contribution in [2.75, 3.05) is 13.1 Å². The van der Waals surface area contributed by atoms with Crippen molar-refractivity contribution < 1.29 is 9.90 Å². The van der Waals surface area contributed by atoms with Crippen molar-refractivity contribution in [2.45, 2.75) is 25.5 Å². The van der Waals surface area contributed by atoms with E-state index < -0.39 is 6.10 Å². The zero-order chi connectivity index (χ0) is 17.4. The lowest BCUT2D eigenvalue weighted by molar-refractivity contribution is -0.136. The molecule has 1 amide bonds. The number of likely N-dealkylation sites (tertiary alicyclic amines) is 1. The molecule has 6 nitrogen and oxygen atoms in total. The topological polar surface area (TPSA) is 71.2 Å². The van der Waals surface area contributed by atoms with Crippen LogP contribution in [0.4, 0.5) is 0 Å². The average molecular weight is 336 g/mol. The normalized spacial score (nSPS) is 16.0. The molecule has 1 fully saturated rings. The third-order valence-electron chi connectivity index (χ3n) is 4.71. The quantitative estimate of drug-likeness (QED) is 0.792. The van der Waals surface area contributed by atoms with E-state index in [9.17, 15) is 9.90 Å². The summed E-state index contributed by atoms with van der Waals surface area (Å²) >= 11 is 0. The van der Waals surface area contributed by atoms with Gasteiger partial charge in [0.1, 0.15) is 5.69 Å². The first-order valence-electron chi connectivity index (χ1n) is 8.45. The van der Waals surface area contributed by atoms with Crippen LogP contribution in [0, 0.1) is 0 Å². The second kappa shape index (κ2) is 6.29. The van der Waals surface area contributed by atoms with Gasteiger partial charge in [0.2, 0.25) is 5.91 Å². The van der Waals surface area contributed by atoms with Crippen LogP contribution in [-0.4, -0.2) is 44.0 Å². The summed E-state index contributed by atoms with van der Waals surface area (Å²) in [5.74, 6) is 0.127. The van der Waals surface area contributed by atoms with Gasteiger partial charge in [0.05, 0.1) is 24.8 Å². The molecular weight excluding hydrogens is 316 g/mol. The molecule has 25 heavy (non-hydrogen) atoms. The molecule has 0 aliphatic carbocycles. The van der Waals surface area contributed by atoms with Crippen LogP contribution in [0.15, 0.2) is 48.7 Å². The molecule has 2 heterocycles. The molecule has 0 radical (unpaired) electrons. The highest BCUT2D eigenvalue weighted by atomic mass is 16.3. The number of carbonyl (C=O) groups is 1. The number of fused-ring (bicyclic) bond motifs is 1. The average Bonchev–Trinajstić information content (AvgIpc) is 3.03. The highest BCUT2D eigenvalue weighted by Gasteiger charge is 2.32. The van der Waals surface area contributed by atoms with Crippen LogP contribution < -0.4 is 0 Å². The third kappa shape index (κ3) is 3.13. The highest BCUT2D eigenvalue weighted by Crippen LogP contribution is 2.23. The summed E-state index contributed by atoms with van der Waals surface area (Å²) in [6.45, 7) is 2.93. The minimum atomic E-state index is -0.625. The number of hydrogen-bond donors (Lipinski definition) is 1. The van der Waals surface area contributed by atoms with E-state index in [1.807, 2.05) is 23.1 Å². The molecule has 0 saturated carbocycles. The van der Waals surface area contributed by atoms with E-state index in [0.717, 1.165) is 10.9 Å². The lowest BCUT2D eigenvalue weighted by Gasteiger charge is -2.39.